The van der Waals surface area contributed by atoms with Crippen molar-refractivity contribution in [1.29, 1.82) is 0 Å². The molecule has 3 rings (SSSR count). The third-order valence-electron chi connectivity index (χ3n) is 4.03. The normalized spacial score (nSPS) is 11.1. The van der Waals surface area contributed by atoms with Gasteiger partial charge in [-0.05, 0) is 45.8 Å². The molecule has 0 unspecified atom stereocenters. The number of aliphatic imine (C=N–C) groups is 1. The molecule has 0 aliphatic rings. The second-order valence-corrected chi connectivity index (χ2v) is 6.73. The Balaban J connectivity index is 0.00000280. The minimum absolute atomic E-state index is 0. The van der Waals surface area contributed by atoms with Crippen LogP contribution in [0, 0.1) is 0 Å². The Morgan fingerprint density at radius 2 is 1.82 bits per heavy atom. The first-order valence-corrected chi connectivity index (χ1v) is 9.21. The van der Waals surface area contributed by atoms with Crippen molar-refractivity contribution < 1.29 is 9.47 Å². The molecule has 0 aliphatic carbocycles. The number of methoxy groups -OCH3 is 2. The highest BCUT2D eigenvalue weighted by atomic mass is 127. The topological polar surface area (TPSA) is 72.2 Å². The number of benzene rings is 1. The molecule has 1 aromatic carbocycles. The number of ether oxygens (including phenoxy) is 2. The van der Waals surface area contributed by atoms with Crippen molar-refractivity contribution in [3.63, 3.8) is 0 Å². The smallest absolute Gasteiger partial charge is 0.191 e. The van der Waals surface area contributed by atoms with Gasteiger partial charge in [0.05, 0.1) is 26.5 Å². The van der Waals surface area contributed by atoms with Gasteiger partial charge in [0, 0.05) is 30.5 Å². The summed E-state index contributed by atoms with van der Waals surface area (Å²) in [4.78, 5) is 8.85. The molecule has 0 saturated heterocycles. The van der Waals surface area contributed by atoms with Crippen molar-refractivity contribution in [2.45, 2.75) is 13.1 Å². The number of imidazole rings is 1. The fourth-order valence-corrected chi connectivity index (χ4v) is 3.03. The second-order valence-electron chi connectivity index (χ2n) is 5.81. The molecule has 0 bridgehead atoms. The van der Waals surface area contributed by atoms with E-state index in [1.807, 2.05) is 47.1 Å². The molecule has 9 heteroatoms. The third kappa shape index (κ3) is 5.51. The molecule has 0 radical (unpaired) electrons. The van der Waals surface area contributed by atoms with E-state index >= 15 is 0 Å². The summed E-state index contributed by atoms with van der Waals surface area (Å²) in [5.41, 5.74) is 2.90. The van der Waals surface area contributed by atoms with E-state index in [1.54, 1.807) is 21.3 Å². The van der Waals surface area contributed by atoms with E-state index in [4.69, 9.17) is 9.47 Å². The number of rotatable bonds is 6. The highest BCUT2D eigenvalue weighted by Crippen LogP contribution is 2.27. The highest BCUT2D eigenvalue weighted by molar-refractivity contribution is 14.0. The molecular formula is C19H23BrIN5O2. The van der Waals surface area contributed by atoms with Crippen LogP contribution in [0.2, 0.25) is 0 Å². The maximum Gasteiger partial charge on any atom is 0.191 e. The summed E-state index contributed by atoms with van der Waals surface area (Å²) < 4.78 is 13.6. The number of nitrogens with zero attached hydrogens (tertiary/aromatic N) is 3. The van der Waals surface area contributed by atoms with E-state index in [-0.39, 0.29) is 24.0 Å². The number of fused-ring (bicyclic) bond motifs is 1. The molecule has 0 aliphatic heterocycles. The lowest BCUT2D eigenvalue weighted by molar-refractivity contribution is 0.354. The molecule has 2 heterocycles. The minimum Gasteiger partial charge on any atom is -0.493 e. The van der Waals surface area contributed by atoms with Crippen LogP contribution in [0.25, 0.3) is 5.65 Å². The molecule has 0 amide bonds. The fourth-order valence-electron chi connectivity index (χ4n) is 2.67. The second kappa shape index (κ2) is 10.5. The number of halogens is 2. The van der Waals surface area contributed by atoms with Crippen LogP contribution in [-0.4, -0.2) is 36.6 Å². The van der Waals surface area contributed by atoms with Crippen LogP contribution in [0.1, 0.15) is 11.3 Å². The monoisotopic (exact) mass is 559 g/mol. The molecule has 7 nitrogen and oxygen atoms in total. The van der Waals surface area contributed by atoms with Gasteiger partial charge in [0.25, 0.3) is 0 Å². The first-order valence-electron chi connectivity index (χ1n) is 8.41. The number of nitrogens with one attached hydrogen (secondary N) is 2. The Hall–Kier alpha value is -2.01. The van der Waals surface area contributed by atoms with Crippen LogP contribution in [0.3, 0.4) is 0 Å². The Kier molecular flexibility index (Phi) is 8.36. The molecule has 28 heavy (non-hydrogen) atoms. The van der Waals surface area contributed by atoms with Crippen molar-refractivity contribution in [2.24, 2.45) is 4.99 Å². The number of pyridine rings is 1. The zero-order valence-corrected chi connectivity index (χ0v) is 19.8. The molecule has 0 fully saturated rings. The predicted molar refractivity (Wildman–Crippen MR) is 125 cm³/mol. The van der Waals surface area contributed by atoms with Crippen LogP contribution in [0.15, 0.2) is 52.2 Å². The molecule has 2 aromatic heterocycles. The Morgan fingerprint density at radius 1 is 1.07 bits per heavy atom. The van der Waals surface area contributed by atoms with Gasteiger partial charge in [-0.25, -0.2) is 4.98 Å². The molecule has 3 aromatic rings. The van der Waals surface area contributed by atoms with Gasteiger partial charge < -0.3 is 24.5 Å². The van der Waals surface area contributed by atoms with Crippen molar-refractivity contribution in [1.82, 2.24) is 20.0 Å². The lowest BCUT2D eigenvalue weighted by Gasteiger charge is -2.13. The van der Waals surface area contributed by atoms with E-state index < -0.39 is 0 Å². The SMILES string of the molecule is CN=C(NCc1ccc(OC)c(OC)c1)NCc1cn2cc(Br)ccc2n1.I. The maximum absolute atomic E-state index is 5.34. The number of hydrogen-bond acceptors (Lipinski definition) is 4. The first-order chi connectivity index (χ1) is 13.1. The van der Waals surface area contributed by atoms with Crippen molar-refractivity contribution in [2.75, 3.05) is 21.3 Å². The van der Waals surface area contributed by atoms with E-state index in [2.05, 4.69) is 36.5 Å². The molecule has 2 N–H and O–H groups in total. The lowest BCUT2D eigenvalue weighted by atomic mass is 10.2. The average Bonchev–Trinajstić information content (AvgIpc) is 3.09. The highest BCUT2D eigenvalue weighted by Gasteiger charge is 2.06. The minimum atomic E-state index is 0. The van der Waals surface area contributed by atoms with Crippen LogP contribution in [-0.2, 0) is 13.1 Å². The summed E-state index contributed by atoms with van der Waals surface area (Å²) in [5.74, 6) is 2.11. The Labute approximate surface area is 189 Å². The summed E-state index contributed by atoms with van der Waals surface area (Å²) in [5, 5.41) is 6.57. The van der Waals surface area contributed by atoms with Crippen molar-refractivity contribution >= 4 is 51.5 Å². The Morgan fingerprint density at radius 3 is 2.54 bits per heavy atom. The lowest BCUT2D eigenvalue weighted by Crippen LogP contribution is -2.36. The van der Waals surface area contributed by atoms with Crippen LogP contribution < -0.4 is 20.1 Å². The zero-order chi connectivity index (χ0) is 19.2. The van der Waals surface area contributed by atoms with Gasteiger partial charge in [0.1, 0.15) is 5.65 Å². The number of hydrogen-bond donors (Lipinski definition) is 2. The predicted octanol–water partition coefficient (Wildman–Crippen LogP) is 3.60. The van der Waals surface area contributed by atoms with E-state index in [9.17, 15) is 0 Å². The van der Waals surface area contributed by atoms with Gasteiger partial charge in [-0.1, -0.05) is 6.07 Å². The van der Waals surface area contributed by atoms with E-state index in [0.717, 1.165) is 21.4 Å². The largest absolute Gasteiger partial charge is 0.493 e. The van der Waals surface area contributed by atoms with Gasteiger partial charge in [0.2, 0.25) is 0 Å². The number of guanidine groups is 1. The van der Waals surface area contributed by atoms with Gasteiger partial charge in [0.15, 0.2) is 17.5 Å². The van der Waals surface area contributed by atoms with E-state index in [1.165, 1.54) is 0 Å². The average molecular weight is 560 g/mol. The standard InChI is InChI=1S/C19H22BrN5O2.HI/c1-21-19(22-9-13-4-6-16(26-2)17(8-13)27-3)23-10-15-12-25-11-14(20)5-7-18(25)24-15;/h4-8,11-12H,9-10H2,1-3H3,(H2,21,22,23);1H. The van der Waals surface area contributed by atoms with Gasteiger partial charge >= 0.3 is 0 Å². The summed E-state index contributed by atoms with van der Waals surface area (Å²) >= 11 is 3.47. The van der Waals surface area contributed by atoms with Crippen molar-refractivity contribution in [3.8, 4) is 11.5 Å². The summed E-state index contributed by atoms with van der Waals surface area (Å²) in [6.45, 7) is 1.18. The van der Waals surface area contributed by atoms with E-state index in [0.29, 0.717) is 30.5 Å². The number of aromatic nitrogens is 2. The molecule has 0 spiro atoms. The fraction of sp³-hybridized carbons (Fsp3) is 0.263. The first kappa shape index (κ1) is 22.3. The van der Waals surface area contributed by atoms with Gasteiger partial charge in [-0.2, -0.15) is 0 Å². The summed E-state index contributed by atoms with van der Waals surface area (Å²) in [7, 11) is 4.99. The molecular weight excluding hydrogens is 537 g/mol. The van der Waals surface area contributed by atoms with Gasteiger partial charge in [-0.3, -0.25) is 4.99 Å². The molecule has 150 valence electrons. The zero-order valence-electron chi connectivity index (χ0n) is 15.9. The molecule has 0 atom stereocenters. The van der Waals surface area contributed by atoms with Crippen LogP contribution in [0.5, 0.6) is 11.5 Å². The van der Waals surface area contributed by atoms with Crippen LogP contribution in [0.4, 0.5) is 0 Å². The quantitative estimate of drug-likeness (QED) is 0.274. The van der Waals surface area contributed by atoms with Crippen molar-refractivity contribution in [3.05, 3.63) is 58.5 Å². The third-order valence-corrected chi connectivity index (χ3v) is 4.50. The summed E-state index contributed by atoms with van der Waals surface area (Å²) in [6, 6.07) is 9.77. The summed E-state index contributed by atoms with van der Waals surface area (Å²) in [6.07, 6.45) is 3.98. The maximum atomic E-state index is 5.34. The van der Waals surface area contributed by atoms with Gasteiger partial charge in [-0.15, -0.1) is 24.0 Å². The molecule has 0 saturated carbocycles. The van der Waals surface area contributed by atoms with Crippen LogP contribution >= 0.6 is 39.9 Å². The Bertz CT molecular complexity index is 961.